The number of nitrogens with one attached hydrogen (secondary N) is 1. The average Bonchev–Trinajstić information content (AvgIpc) is 2.86. The Labute approximate surface area is 135 Å². The van der Waals surface area contributed by atoms with Crippen LogP contribution in [-0.4, -0.2) is 24.1 Å². The van der Waals surface area contributed by atoms with Gasteiger partial charge in [-0.25, -0.2) is 9.78 Å². The molecule has 2 heterocycles. The Morgan fingerprint density at radius 2 is 2.33 bits per heavy atom. The van der Waals surface area contributed by atoms with Crippen molar-refractivity contribution >= 4 is 44.7 Å². The van der Waals surface area contributed by atoms with Crippen LogP contribution in [0.1, 0.15) is 22.2 Å². The van der Waals surface area contributed by atoms with Crippen molar-refractivity contribution in [3.8, 4) is 0 Å². The number of thiophene rings is 1. The van der Waals surface area contributed by atoms with E-state index in [-0.39, 0.29) is 0 Å². The zero-order valence-corrected chi connectivity index (χ0v) is 14.0. The number of nitrogens with two attached hydrogens (primary N) is 1. The minimum atomic E-state index is -0.418. The van der Waals surface area contributed by atoms with Gasteiger partial charge >= 0.3 is 5.97 Å². The van der Waals surface area contributed by atoms with Crippen molar-refractivity contribution in [2.45, 2.75) is 13.3 Å². The van der Waals surface area contributed by atoms with Gasteiger partial charge in [0, 0.05) is 11.4 Å². The summed E-state index contributed by atoms with van der Waals surface area (Å²) in [5.41, 5.74) is 6.48. The van der Waals surface area contributed by atoms with Crippen molar-refractivity contribution in [3.63, 3.8) is 0 Å². The first kappa shape index (κ1) is 15.8. The highest BCUT2D eigenvalue weighted by molar-refractivity contribution is 9.11. The van der Waals surface area contributed by atoms with Gasteiger partial charge in [0.15, 0.2) is 0 Å². The van der Waals surface area contributed by atoms with Crippen molar-refractivity contribution < 1.29 is 9.53 Å². The van der Waals surface area contributed by atoms with Crippen molar-refractivity contribution in [2.75, 3.05) is 24.2 Å². The number of halogens is 1. The van der Waals surface area contributed by atoms with Crippen LogP contribution in [-0.2, 0) is 11.2 Å². The Hall–Kier alpha value is -1.60. The molecule has 0 saturated heterocycles. The van der Waals surface area contributed by atoms with Crippen molar-refractivity contribution in [3.05, 3.63) is 38.6 Å². The monoisotopic (exact) mass is 369 g/mol. The number of nitrogens with zero attached hydrogens (tertiary/aromatic N) is 1. The third-order valence-electron chi connectivity index (χ3n) is 2.70. The predicted molar refractivity (Wildman–Crippen MR) is 88.8 cm³/mol. The summed E-state index contributed by atoms with van der Waals surface area (Å²) in [7, 11) is 0. The third kappa shape index (κ3) is 4.44. The van der Waals surface area contributed by atoms with Crippen LogP contribution in [0.2, 0.25) is 0 Å². The van der Waals surface area contributed by atoms with E-state index in [2.05, 4.69) is 32.3 Å². The number of hydrogen-bond acceptors (Lipinski definition) is 6. The van der Waals surface area contributed by atoms with Gasteiger partial charge in [0.1, 0.15) is 11.4 Å². The lowest BCUT2D eigenvalue weighted by Crippen LogP contribution is -2.13. The molecule has 0 radical (unpaired) electrons. The molecule has 0 aliphatic heterocycles. The number of esters is 1. The lowest BCUT2D eigenvalue weighted by molar-refractivity contribution is 0.0527. The first-order valence-corrected chi connectivity index (χ1v) is 8.12. The molecule has 2 aromatic heterocycles. The van der Waals surface area contributed by atoms with Crippen LogP contribution < -0.4 is 11.1 Å². The third-order valence-corrected chi connectivity index (χ3v) is 4.38. The van der Waals surface area contributed by atoms with Gasteiger partial charge in [-0.1, -0.05) is 0 Å². The lowest BCUT2D eigenvalue weighted by atomic mass is 10.2. The summed E-state index contributed by atoms with van der Waals surface area (Å²) in [5.74, 6) is 0.0805. The van der Waals surface area contributed by atoms with Crippen LogP contribution >= 0.6 is 27.3 Å². The molecule has 0 unspecified atom stereocenters. The molecule has 0 spiro atoms. The molecule has 5 nitrogen and oxygen atoms in total. The zero-order valence-electron chi connectivity index (χ0n) is 11.6. The van der Waals surface area contributed by atoms with Crippen LogP contribution in [0.4, 0.5) is 11.5 Å². The number of ether oxygens (including phenoxy) is 1. The van der Waals surface area contributed by atoms with Crippen molar-refractivity contribution in [1.29, 1.82) is 0 Å². The Morgan fingerprint density at radius 1 is 1.52 bits per heavy atom. The van der Waals surface area contributed by atoms with Crippen LogP contribution in [0.15, 0.2) is 28.2 Å². The van der Waals surface area contributed by atoms with Gasteiger partial charge in [-0.3, -0.25) is 0 Å². The van der Waals surface area contributed by atoms with Gasteiger partial charge in [0.05, 0.1) is 22.3 Å². The van der Waals surface area contributed by atoms with Crippen LogP contribution in [0.25, 0.3) is 0 Å². The highest BCUT2D eigenvalue weighted by Gasteiger charge is 2.14. The van der Waals surface area contributed by atoms with Crippen LogP contribution in [0, 0.1) is 0 Å². The summed E-state index contributed by atoms with van der Waals surface area (Å²) >= 11 is 5.12. The van der Waals surface area contributed by atoms with E-state index in [1.54, 1.807) is 24.3 Å². The minimum Gasteiger partial charge on any atom is -0.462 e. The summed E-state index contributed by atoms with van der Waals surface area (Å²) in [6.45, 7) is 2.76. The van der Waals surface area contributed by atoms with Gasteiger partial charge in [-0.2, -0.15) is 0 Å². The summed E-state index contributed by atoms with van der Waals surface area (Å²) in [6.07, 6.45) is 2.37. The molecule has 7 heteroatoms. The standard InChI is InChI=1S/C14H16BrN3O2S/c1-2-20-14(19)11-7-9(16)8-18-13(11)17-6-5-10-3-4-12(15)21-10/h3-4,7-8H,2,5-6,16H2,1H3,(H,17,18). The molecule has 0 aliphatic carbocycles. The molecule has 0 aliphatic rings. The van der Waals surface area contributed by atoms with E-state index in [9.17, 15) is 4.79 Å². The number of anilines is 2. The zero-order chi connectivity index (χ0) is 15.2. The maximum atomic E-state index is 11.9. The van der Waals surface area contributed by atoms with E-state index in [4.69, 9.17) is 10.5 Å². The fourth-order valence-electron chi connectivity index (χ4n) is 1.78. The number of rotatable bonds is 6. The van der Waals surface area contributed by atoms with Gasteiger partial charge in [-0.15, -0.1) is 11.3 Å². The van der Waals surface area contributed by atoms with Crippen LogP contribution in [0.3, 0.4) is 0 Å². The van der Waals surface area contributed by atoms with Gasteiger partial charge < -0.3 is 15.8 Å². The topological polar surface area (TPSA) is 77.2 Å². The number of nitrogen functional groups attached to an aromatic ring is 1. The minimum absolute atomic E-state index is 0.316. The van der Waals surface area contributed by atoms with E-state index in [1.807, 2.05) is 6.07 Å². The van der Waals surface area contributed by atoms with E-state index in [1.165, 1.54) is 11.1 Å². The average molecular weight is 370 g/mol. The smallest absolute Gasteiger partial charge is 0.341 e. The maximum Gasteiger partial charge on any atom is 0.341 e. The number of carbonyl (C=O) groups is 1. The van der Waals surface area contributed by atoms with Crippen molar-refractivity contribution in [1.82, 2.24) is 4.98 Å². The first-order chi connectivity index (χ1) is 10.1. The molecule has 0 fully saturated rings. The second-order valence-corrected chi connectivity index (χ2v) is 6.82. The molecule has 112 valence electrons. The second-order valence-electron chi connectivity index (χ2n) is 4.27. The van der Waals surface area contributed by atoms with E-state index in [0.717, 1.165) is 10.2 Å². The Balaban J connectivity index is 2.03. The van der Waals surface area contributed by atoms with E-state index >= 15 is 0 Å². The summed E-state index contributed by atoms with van der Waals surface area (Å²) in [5, 5.41) is 3.16. The predicted octanol–water partition coefficient (Wildman–Crippen LogP) is 3.32. The summed E-state index contributed by atoms with van der Waals surface area (Å²) in [4.78, 5) is 17.3. The molecular formula is C14H16BrN3O2S. The summed E-state index contributed by atoms with van der Waals surface area (Å²) < 4.78 is 6.12. The molecule has 2 rings (SSSR count). The van der Waals surface area contributed by atoms with Crippen molar-refractivity contribution in [2.24, 2.45) is 0 Å². The molecule has 0 bridgehead atoms. The fraction of sp³-hybridized carbons (Fsp3) is 0.286. The van der Waals surface area contributed by atoms with Crippen LogP contribution in [0.5, 0.6) is 0 Å². The SMILES string of the molecule is CCOC(=O)c1cc(N)cnc1NCCc1ccc(Br)s1. The van der Waals surface area contributed by atoms with E-state index in [0.29, 0.717) is 30.2 Å². The Kier molecular flexibility index (Phi) is 5.58. The number of pyridine rings is 1. The molecule has 0 amide bonds. The normalized spacial score (nSPS) is 10.4. The quantitative estimate of drug-likeness (QED) is 0.763. The molecule has 0 saturated carbocycles. The Morgan fingerprint density at radius 3 is 3.00 bits per heavy atom. The number of aromatic nitrogens is 1. The highest BCUT2D eigenvalue weighted by atomic mass is 79.9. The molecule has 0 aromatic carbocycles. The number of carbonyl (C=O) groups excluding carboxylic acids is 1. The molecule has 2 aromatic rings. The number of hydrogen-bond donors (Lipinski definition) is 2. The van der Waals surface area contributed by atoms with Gasteiger partial charge in [0.2, 0.25) is 0 Å². The Bertz CT molecular complexity index is 630. The first-order valence-electron chi connectivity index (χ1n) is 6.51. The lowest BCUT2D eigenvalue weighted by Gasteiger charge is -2.10. The van der Waals surface area contributed by atoms with E-state index < -0.39 is 5.97 Å². The largest absolute Gasteiger partial charge is 0.462 e. The molecular weight excluding hydrogens is 354 g/mol. The fourth-order valence-corrected chi connectivity index (χ4v) is 3.26. The second kappa shape index (κ2) is 7.42. The van der Waals surface area contributed by atoms with Gasteiger partial charge in [-0.05, 0) is 47.5 Å². The summed E-state index contributed by atoms with van der Waals surface area (Å²) in [6, 6.07) is 5.67. The maximum absolute atomic E-state index is 11.9. The molecule has 0 atom stereocenters. The van der Waals surface area contributed by atoms with Gasteiger partial charge in [0.25, 0.3) is 0 Å². The molecule has 3 N–H and O–H groups in total. The molecule has 21 heavy (non-hydrogen) atoms. The highest BCUT2D eigenvalue weighted by Crippen LogP contribution is 2.23.